The highest BCUT2D eigenvalue weighted by molar-refractivity contribution is 7.89. The minimum atomic E-state index is -3.49. The summed E-state index contributed by atoms with van der Waals surface area (Å²) in [6, 6.07) is 9.10. The fourth-order valence-corrected chi connectivity index (χ4v) is 4.71. The molecule has 0 saturated heterocycles. The highest BCUT2D eigenvalue weighted by Gasteiger charge is 2.21. The van der Waals surface area contributed by atoms with Crippen molar-refractivity contribution in [1.29, 1.82) is 0 Å². The van der Waals surface area contributed by atoms with Crippen LogP contribution >= 0.6 is 11.3 Å². The van der Waals surface area contributed by atoms with Gasteiger partial charge < -0.3 is 5.32 Å². The number of hydrogen-bond donors (Lipinski definition) is 2. The molecule has 6 heteroatoms. The van der Waals surface area contributed by atoms with Crippen LogP contribution in [0.5, 0.6) is 0 Å². The van der Waals surface area contributed by atoms with E-state index in [0.29, 0.717) is 4.90 Å². The molecule has 0 fully saturated rings. The van der Waals surface area contributed by atoms with E-state index in [9.17, 15) is 8.42 Å². The van der Waals surface area contributed by atoms with Crippen molar-refractivity contribution in [3.63, 3.8) is 0 Å². The van der Waals surface area contributed by atoms with Gasteiger partial charge in [-0.1, -0.05) is 6.07 Å². The van der Waals surface area contributed by atoms with Crippen molar-refractivity contribution in [3.8, 4) is 0 Å². The molecule has 0 amide bonds. The molecule has 1 unspecified atom stereocenters. The summed E-state index contributed by atoms with van der Waals surface area (Å²) in [6.45, 7) is 5.44. The molecule has 4 nitrogen and oxygen atoms in total. The maximum atomic E-state index is 12.5. The van der Waals surface area contributed by atoms with Crippen LogP contribution < -0.4 is 10.0 Å². The van der Waals surface area contributed by atoms with Crippen LogP contribution in [0.25, 0.3) is 0 Å². The molecule has 0 bridgehead atoms. The lowest BCUT2D eigenvalue weighted by atomic mass is 10.1. The molecule has 0 spiro atoms. The van der Waals surface area contributed by atoms with E-state index >= 15 is 0 Å². The zero-order chi connectivity index (χ0) is 15.0. The van der Waals surface area contributed by atoms with Crippen molar-refractivity contribution in [3.05, 3.63) is 51.2 Å². The number of benzene rings is 1. The number of sulfonamides is 1. The van der Waals surface area contributed by atoms with E-state index < -0.39 is 10.0 Å². The topological polar surface area (TPSA) is 58.2 Å². The Kier molecular flexibility index (Phi) is 3.88. The molecule has 1 aliphatic heterocycles. The Balaban J connectivity index is 1.83. The van der Waals surface area contributed by atoms with Gasteiger partial charge in [-0.3, -0.25) is 0 Å². The number of nitrogens with one attached hydrogen (secondary N) is 2. The molecular formula is C15H18N2O2S2. The molecule has 2 N–H and O–H groups in total. The molecule has 2 heterocycles. The van der Waals surface area contributed by atoms with Crippen LogP contribution in [-0.2, 0) is 23.1 Å². The predicted molar refractivity (Wildman–Crippen MR) is 84.8 cm³/mol. The van der Waals surface area contributed by atoms with Crippen molar-refractivity contribution < 1.29 is 8.42 Å². The first-order valence-corrected chi connectivity index (χ1v) is 9.17. The van der Waals surface area contributed by atoms with Crippen molar-refractivity contribution >= 4 is 21.4 Å². The van der Waals surface area contributed by atoms with Gasteiger partial charge in [0.15, 0.2) is 0 Å². The summed E-state index contributed by atoms with van der Waals surface area (Å²) < 4.78 is 27.7. The van der Waals surface area contributed by atoms with Gasteiger partial charge in [-0.2, -0.15) is 0 Å². The molecule has 0 radical (unpaired) electrons. The third-order valence-electron chi connectivity index (χ3n) is 3.64. The van der Waals surface area contributed by atoms with E-state index in [1.54, 1.807) is 23.5 Å². The van der Waals surface area contributed by atoms with Gasteiger partial charge in [-0.15, -0.1) is 11.3 Å². The van der Waals surface area contributed by atoms with Gasteiger partial charge in [0.1, 0.15) is 0 Å². The Labute approximate surface area is 129 Å². The quantitative estimate of drug-likeness (QED) is 0.910. The van der Waals surface area contributed by atoms with Gasteiger partial charge in [0.2, 0.25) is 10.0 Å². The second kappa shape index (κ2) is 5.53. The first-order valence-electron chi connectivity index (χ1n) is 6.87. The van der Waals surface area contributed by atoms with Crippen molar-refractivity contribution in [2.24, 2.45) is 0 Å². The molecule has 1 aromatic heterocycles. The fourth-order valence-electron chi connectivity index (χ4n) is 2.48. The van der Waals surface area contributed by atoms with Crippen LogP contribution in [0.4, 0.5) is 0 Å². The molecule has 0 aliphatic carbocycles. The van der Waals surface area contributed by atoms with E-state index in [4.69, 9.17) is 0 Å². The zero-order valence-electron chi connectivity index (χ0n) is 12.0. The van der Waals surface area contributed by atoms with Crippen LogP contribution in [0.1, 0.15) is 33.8 Å². The van der Waals surface area contributed by atoms with E-state index in [-0.39, 0.29) is 6.04 Å². The molecule has 1 atom stereocenters. The largest absolute Gasteiger partial charge is 0.309 e. The Hall–Kier alpha value is -1.21. The molecule has 1 aromatic carbocycles. The van der Waals surface area contributed by atoms with Crippen LogP contribution in [0.3, 0.4) is 0 Å². The van der Waals surface area contributed by atoms with Crippen LogP contribution in [0, 0.1) is 6.92 Å². The van der Waals surface area contributed by atoms with Gasteiger partial charge in [0.25, 0.3) is 0 Å². The van der Waals surface area contributed by atoms with E-state index in [1.165, 1.54) is 10.4 Å². The van der Waals surface area contributed by atoms with Crippen molar-refractivity contribution in [2.75, 3.05) is 0 Å². The summed E-state index contributed by atoms with van der Waals surface area (Å²) in [7, 11) is -3.49. The lowest BCUT2D eigenvalue weighted by Gasteiger charge is -2.13. The minimum Gasteiger partial charge on any atom is -0.309 e. The highest BCUT2D eigenvalue weighted by atomic mass is 32.2. The summed E-state index contributed by atoms with van der Waals surface area (Å²) >= 11 is 1.61. The Morgan fingerprint density at radius 1 is 1.19 bits per heavy atom. The fraction of sp³-hybridized carbons (Fsp3) is 0.333. The number of thiophene rings is 1. The van der Waals surface area contributed by atoms with E-state index in [0.717, 1.165) is 23.5 Å². The average molecular weight is 322 g/mol. The molecule has 0 saturated carbocycles. The summed E-state index contributed by atoms with van der Waals surface area (Å²) in [5, 5.41) is 3.22. The first kappa shape index (κ1) is 14.7. The van der Waals surface area contributed by atoms with Gasteiger partial charge in [0.05, 0.1) is 10.9 Å². The maximum Gasteiger partial charge on any atom is 0.241 e. The smallest absolute Gasteiger partial charge is 0.241 e. The first-order chi connectivity index (χ1) is 9.95. The molecule has 3 rings (SSSR count). The Bertz CT molecular complexity index is 766. The zero-order valence-corrected chi connectivity index (χ0v) is 13.6. The summed E-state index contributed by atoms with van der Waals surface area (Å²) in [4.78, 5) is 2.55. The second-order valence-corrected chi connectivity index (χ2v) is 8.36. The number of rotatable bonds is 4. The normalized spacial score (nSPS) is 15.9. The molecule has 21 heavy (non-hydrogen) atoms. The van der Waals surface area contributed by atoms with E-state index in [1.807, 2.05) is 32.0 Å². The van der Waals surface area contributed by atoms with Gasteiger partial charge >= 0.3 is 0 Å². The predicted octanol–water partition coefficient (Wildman–Crippen LogP) is 2.70. The summed E-state index contributed by atoms with van der Waals surface area (Å²) in [6.07, 6.45) is 0. The monoisotopic (exact) mass is 322 g/mol. The Morgan fingerprint density at radius 2 is 1.95 bits per heavy atom. The van der Waals surface area contributed by atoms with Gasteiger partial charge in [-0.25, -0.2) is 13.1 Å². The number of fused-ring (bicyclic) bond motifs is 1. The minimum absolute atomic E-state index is 0.222. The van der Waals surface area contributed by atoms with Crippen LogP contribution in [0.15, 0.2) is 35.2 Å². The molecule has 1 aliphatic rings. The SMILES string of the molecule is Cc1ccc(C(C)NS(=O)(=O)c2ccc3c(c2)CNC3)s1. The maximum absolute atomic E-state index is 12.5. The lowest BCUT2D eigenvalue weighted by Crippen LogP contribution is -2.26. The third kappa shape index (κ3) is 3.03. The van der Waals surface area contributed by atoms with Gasteiger partial charge in [0, 0.05) is 22.8 Å². The number of hydrogen-bond acceptors (Lipinski definition) is 4. The van der Waals surface area contributed by atoms with Crippen LogP contribution in [-0.4, -0.2) is 8.42 Å². The standard InChI is InChI=1S/C15H18N2O2S2/c1-10-3-6-15(20-10)11(2)17-21(18,19)14-5-4-12-8-16-9-13(12)7-14/h3-7,11,16-17H,8-9H2,1-2H3. The lowest BCUT2D eigenvalue weighted by molar-refractivity contribution is 0.568. The van der Waals surface area contributed by atoms with E-state index in [2.05, 4.69) is 10.0 Å². The molecule has 112 valence electrons. The summed E-state index contributed by atoms with van der Waals surface area (Å²) in [5.41, 5.74) is 2.24. The summed E-state index contributed by atoms with van der Waals surface area (Å²) in [5.74, 6) is 0. The van der Waals surface area contributed by atoms with Crippen LogP contribution in [0.2, 0.25) is 0 Å². The molecule has 2 aromatic rings. The second-order valence-electron chi connectivity index (χ2n) is 5.33. The third-order valence-corrected chi connectivity index (χ3v) is 6.36. The van der Waals surface area contributed by atoms with Gasteiger partial charge in [-0.05, 0) is 49.2 Å². The van der Waals surface area contributed by atoms with Crippen molar-refractivity contribution in [2.45, 2.75) is 37.9 Å². The Morgan fingerprint density at radius 3 is 2.67 bits per heavy atom. The average Bonchev–Trinajstić information content (AvgIpc) is 3.05. The number of aryl methyl sites for hydroxylation is 1. The molecular weight excluding hydrogens is 304 g/mol. The van der Waals surface area contributed by atoms with Crippen molar-refractivity contribution in [1.82, 2.24) is 10.0 Å². The highest BCUT2D eigenvalue weighted by Crippen LogP contribution is 2.25.